The molecule has 0 aromatic carbocycles. The highest BCUT2D eigenvalue weighted by atomic mass is 16.6. The molecule has 5 heteroatoms. The number of ether oxygens (including phenoxy) is 1. The van der Waals surface area contributed by atoms with Crippen molar-refractivity contribution < 1.29 is 9.66 Å². The Kier molecular flexibility index (Phi) is 5.25. The summed E-state index contributed by atoms with van der Waals surface area (Å²) in [6, 6.07) is 1.53. The lowest BCUT2D eigenvalue weighted by Crippen LogP contribution is -2.00. The summed E-state index contributed by atoms with van der Waals surface area (Å²) in [5.74, 6) is 0.302. The first-order chi connectivity index (χ1) is 7.75. The molecule has 16 heavy (non-hydrogen) atoms. The summed E-state index contributed by atoms with van der Waals surface area (Å²) >= 11 is 0. The molecule has 0 saturated heterocycles. The van der Waals surface area contributed by atoms with Gasteiger partial charge in [0.25, 0.3) is 0 Å². The smallest absolute Gasteiger partial charge is 0.329 e. The predicted octanol–water partition coefficient (Wildman–Crippen LogP) is 2.95. The van der Waals surface area contributed by atoms with Crippen molar-refractivity contribution in [2.75, 3.05) is 6.61 Å². The topological polar surface area (TPSA) is 65.3 Å². The maximum atomic E-state index is 10.6. The van der Waals surface area contributed by atoms with Gasteiger partial charge in [-0.15, -0.1) is 0 Å². The van der Waals surface area contributed by atoms with Crippen LogP contribution in [0.15, 0.2) is 18.5 Å². The molecular formula is C11H16N2O3. The average molecular weight is 224 g/mol. The Balaban J connectivity index is 2.44. The average Bonchev–Trinajstić information content (AvgIpc) is 2.29. The molecule has 1 aromatic heterocycles. The minimum Gasteiger partial charge on any atom is -0.487 e. The van der Waals surface area contributed by atoms with E-state index in [9.17, 15) is 10.1 Å². The summed E-state index contributed by atoms with van der Waals surface area (Å²) in [6.07, 6.45) is 7.05. The number of aromatic nitrogens is 1. The van der Waals surface area contributed by atoms with E-state index in [2.05, 4.69) is 11.9 Å². The van der Waals surface area contributed by atoms with Crippen molar-refractivity contribution in [1.29, 1.82) is 0 Å². The number of nitrogens with zero attached hydrogens (tertiary/aromatic N) is 2. The zero-order valence-electron chi connectivity index (χ0n) is 9.39. The molecule has 0 amide bonds. The molecule has 0 atom stereocenters. The van der Waals surface area contributed by atoms with Crippen LogP contribution in [0.3, 0.4) is 0 Å². The Bertz CT molecular complexity index is 342. The second-order valence-corrected chi connectivity index (χ2v) is 3.51. The van der Waals surface area contributed by atoms with Gasteiger partial charge in [-0.1, -0.05) is 26.2 Å². The van der Waals surface area contributed by atoms with E-state index in [1.165, 1.54) is 24.9 Å². The molecule has 0 bridgehead atoms. The van der Waals surface area contributed by atoms with Crippen LogP contribution in [0, 0.1) is 10.1 Å². The summed E-state index contributed by atoms with van der Waals surface area (Å²) < 4.78 is 5.36. The van der Waals surface area contributed by atoms with Crippen LogP contribution in [-0.2, 0) is 0 Å². The van der Waals surface area contributed by atoms with E-state index in [0.29, 0.717) is 12.4 Å². The lowest BCUT2D eigenvalue weighted by molar-refractivity contribution is -0.386. The fourth-order valence-electron chi connectivity index (χ4n) is 1.34. The Morgan fingerprint density at radius 2 is 2.25 bits per heavy atom. The number of unbranched alkanes of at least 4 members (excludes halogenated alkanes) is 3. The van der Waals surface area contributed by atoms with Gasteiger partial charge in [0.1, 0.15) is 6.20 Å². The van der Waals surface area contributed by atoms with E-state index >= 15 is 0 Å². The first kappa shape index (κ1) is 12.4. The van der Waals surface area contributed by atoms with Gasteiger partial charge in [-0.3, -0.25) is 15.1 Å². The molecule has 1 rings (SSSR count). The van der Waals surface area contributed by atoms with Crippen molar-refractivity contribution >= 4 is 5.69 Å². The Morgan fingerprint density at radius 1 is 1.44 bits per heavy atom. The fourth-order valence-corrected chi connectivity index (χ4v) is 1.34. The van der Waals surface area contributed by atoms with E-state index in [-0.39, 0.29) is 5.69 Å². The molecule has 0 N–H and O–H groups in total. The van der Waals surface area contributed by atoms with E-state index in [0.717, 1.165) is 19.3 Å². The number of hydrogen-bond donors (Lipinski definition) is 0. The number of hydrogen-bond acceptors (Lipinski definition) is 4. The monoisotopic (exact) mass is 224 g/mol. The van der Waals surface area contributed by atoms with E-state index in [1.807, 2.05) is 0 Å². The Hall–Kier alpha value is -1.65. The SMILES string of the molecule is CCCCCCOc1ccncc1[N+](=O)[O-]. The van der Waals surface area contributed by atoms with Gasteiger partial charge in [-0.25, -0.2) is 0 Å². The third-order valence-electron chi connectivity index (χ3n) is 2.21. The van der Waals surface area contributed by atoms with Crippen LogP contribution in [0.5, 0.6) is 5.75 Å². The molecule has 0 radical (unpaired) electrons. The third kappa shape index (κ3) is 3.84. The van der Waals surface area contributed by atoms with Crippen molar-refractivity contribution in [2.45, 2.75) is 32.6 Å². The number of pyridine rings is 1. The normalized spacial score (nSPS) is 10.1. The summed E-state index contributed by atoms with van der Waals surface area (Å²) in [5.41, 5.74) is -0.0713. The summed E-state index contributed by atoms with van der Waals surface area (Å²) in [4.78, 5) is 13.9. The lowest BCUT2D eigenvalue weighted by atomic mass is 10.2. The molecule has 0 aliphatic carbocycles. The Morgan fingerprint density at radius 3 is 2.94 bits per heavy atom. The molecule has 0 fully saturated rings. The fraction of sp³-hybridized carbons (Fsp3) is 0.545. The minimum absolute atomic E-state index is 0.0713. The van der Waals surface area contributed by atoms with E-state index < -0.39 is 4.92 Å². The lowest BCUT2D eigenvalue weighted by Gasteiger charge is -2.05. The van der Waals surface area contributed by atoms with Crippen LogP contribution in [0.25, 0.3) is 0 Å². The second kappa shape index (κ2) is 6.76. The highest BCUT2D eigenvalue weighted by Gasteiger charge is 2.13. The van der Waals surface area contributed by atoms with Crippen molar-refractivity contribution in [3.05, 3.63) is 28.6 Å². The van der Waals surface area contributed by atoms with Gasteiger partial charge in [0.15, 0.2) is 5.75 Å². The number of rotatable bonds is 7. The van der Waals surface area contributed by atoms with Gasteiger partial charge in [-0.2, -0.15) is 0 Å². The summed E-state index contributed by atoms with van der Waals surface area (Å²) in [6.45, 7) is 2.65. The summed E-state index contributed by atoms with van der Waals surface area (Å²) in [5, 5.41) is 10.6. The largest absolute Gasteiger partial charge is 0.487 e. The maximum absolute atomic E-state index is 10.6. The van der Waals surface area contributed by atoms with Crippen molar-refractivity contribution in [3.8, 4) is 5.75 Å². The van der Waals surface area contributed by atoms with E-state index in [1.54, 1.807) is 0 Å². The van der Waals surface area contributed by atoms with Crippen LogP contribution in [0.2, 0.25) is 0 Å². The van der Waals surface area contributed by atoms with Crippen molar-refractivity contribution in [1.82, 2.24) is 4.98 Å². The zero-order valence-corrected chi connectivity index (χ0v) is 9.39. The molecule has 0 saturated carbocycles. The molecule has 88 valence electrons. The Labute approximate surface area is 94.6 Å². The van der Waals surface area contributed by atoms with Gasteiger partial charge in [0, 0.05) is 12.3 Å². The molecule has 0 aliphatic heterocycles. The number of nitro groups is 1. The van der Waals surface area contributed by atoms with Gasteiger partial charge in [0.2, 0.25) is 0 Å². The standard InChI is InChI=1S/C11H16N2O3/c1-2-3-4-5-8-16-11-6-7-12-9-10(11)13(14)15/h6-7,9H,2-5,8H2,1H3. The van der Waals surface area contributed by atoms with E-state index in [4.69, 9.17) is 4.74 Å². The van der Waals surface area contributed by atoms with Gasteiger partial charge in [0.05, 0.1) is 11.5 Å². The predicted molar refractivity (Wildman–Crippen MR) is 60.5 cm³/mol. The highest BCUT2D eigenvalue weighted by molar-refractivity contribution is 5.42. The third-order valence-corrected chi connectivity index (χ3v) is 2.21. The molecule has 1 aromatic rings. The first-order valence-electron chi connectivity index (χ1n) is 5.47. The van der Waals surface area contributed by atoms with Crippen LogP contribution in [0.1, 0.15) is 32.6 Å². The van der Waals surface area contributed by atoms with Crippen LogP contribution in [-0.4, -0.2) is 16.5 Å². The molecular weight excluding hydrogens is 208 g/mol. The second-order valence-electron chi connectivity index (χ2n) is 3.51. The minimum atomic E-state index is -0.478. The molecule has 1 heterocycles. The van der Waals surface area contributed by atoms with Crippen LogP contribution >= 0.6 is 0 Å². The quantitative estimate of drug-likeness (QED) is 0.405. The maximum Gasteiger partial charge on any atom is 0.329 e. The van der Waals surface area contributed by atoms with Gasteiger partial charge >= 0.3 is 5.69 Å². The van der Waals surface area contributed by atoms with Gasteiger partial charge < -0.3 is 4.74 Å². The van der Waals surface area contributed by atoms with Crippen LogP contribution < -0.4 is 4.74 Å². The molecule has 0 aliphatic rings. The summed E-state index contributed by atoms with van der Waals surface area (Å²) in [7, 11) is 0. The van der Waals surface area contributed by atoms with Crippen LogP contribution in [0.4, 0.5) is 5.69 Å². The molecule has 5 nitrogen and oxygen atoms in total. The van der Waals surface area contributed by atoms with Gasteiger partial charge in [-0.05, 0) is 6.42 Å². The first-order valence-corrected chi connectivity index (χ1v) is 5.47. The van der Waals surface area contributed by atoms with Crippen molar-refractivity contribution in [2.24, 2.45) is 0 Å². The van der Waals surface area contributed by atoms with Crippen molar-refractivity contribution in [3.63, 3.8) is 0 Å². The molecule has 0 unspecified atom stereocenters. The molecule has 0 spiro atoms. The highest BCUT2D eigenvalue weighted by Crippen LogP contribution is 2.24. The zero-order chi connectivity index (χ0) is 11.8.